The predicted molar refractivity (Wildman–Crippen MR) is 84.6 cm³/mol. The molecule has 0 aliphatic heterocycles. The van der Waals surface area contributed by atoms with Crippen molar-refractivity contribution >= 4 is 11.6 Å². The minimum absolute atomic E-state index is 0.00707. The molecule has 2 aromatic rings. The highest BCUT2D eigenvalue weighted by Crippen LogP contribution is 2.11. The third-order valence-corrected chi connectivity index (χ3v) is 3.12. The fourth-order valence-corrected chi connectivity index (χ4v) is 1.94. The number of hydrogen-bond donors (Lipinski definition) is 2. The maximum atomic E-state index is 11.7. The highest BCUT2D eigenvalue weighted by molar-refractivity contribution is 5.80. The van der Waals surface area contributed by atoms with E-state index in [9.17, 15) is 4.79 Å². The molecule has 4 nitrogen and oxygen atoms in total. The molecule has 0 unspecified atom stereocenters. The lowest BCUT2D eigenvalue weighted by molar-refractivity contribution is -0.119. The molecule has 2 aromatic carbocycles. The molecular weight excluding hydrogens is 264 g/mol. The molecule has 0 aromatic heterocycles. The second kappa shape index (κ2) is 7.94. The number of carbonyl (C=O) groups excluding carboxylic acids is 1. The van der Waals surface area contributed by atoms with Crippen LogP contribution in [0.1, 0.15) is 5.56 Å². The maximum absolute atomic E-state index is 11.7. The molecule has 21 heavy (non-hydrogen) atoms. The van der Waals surface area contributed by atoms with Crippen LogP contribution in [0.2, 0.25) is 0 Å². The molecule has 0 bridgehead atoms. The largest absolute Gasteiger partial charge is 0.497 e. The first-order chi connectivity index (χ1) is 10.3. The Morgan fingerprint density at radius 1 is 1.05 bits per heavy atom. The normalized spacial score (nSPS) is 9.95. The van der Waals surface area contributed by atoms with Gasteiger partial charge < -0.3 is 15.4 Å². The Hall–Kier alpha value is -2.49. The molecule has 4 heteroatoms. The van der Waals surface area contributed by atoms with Crippen LogP contribution in [0.4, 0.5) is 5.69 Å². The number of ether oxygens (including phenoxy) is 1. The Bertz CT molecular complexity index is 553. The molecule has 0 aliphatic carbocycles. The van der Waals surface area contributed by atoms with Crippen LogP contribution in [-0.2, 0) is 11.2 Å². The lowest BCUT2D eigenvalue weighted by Crippen LogP contribution is -2.31. The first-order valence-electron chi connectivity index (χ1n) is 6.96. The minimum Gasteiger partial charge on any atom is -0.497 e. The van der Waals surface area contributed by atoms with Crippen molar-refractivity contribution in [2.45, 2.75) is 6.42 Å². The van der Waals surface area contributed by atoms with Gasteiger partial charge in [-0.05, 0) is 36.2 Å². The van der Waals surface area contributed by atoms with Crippen molar-refractivity contribution in [1.82, 2.24) is 5.32 Å². The Balaban J connectivity index is 1.66. The number of anilines is 1. The minimum atomic E-state index is -0.00707. The van der Waals surface area contributed by atoms with Gasteiger partial charge in [0.15, 0.2) is 0 Å². The van der Waals surface area contributed by atoms with Crippen molar-refractivity contribution in [3.05, 3.63) is 60.2 Å². The Kier molecular flexibility index (Phi) is 5.64. The molecule has 0 aliphatic rings. The summed E-state index contributed by atoms with van der Waals surface area (Å²) in [4.78, 5) is 11.7. The summed E-state index contributed by atoms with van der Waals surface area (Å²) < 4.78 is 5.11. The standard InChI is InChI=1S/C17H20N2O2/c1-21-16-9-7-14(8-10-16)11-12-18-17(20)13-19-15-5-3-2-4-6-15/h2-10,19H,11-13H2,1H3,(H,18,20). The fraction of sp³-hybridized carbons (Fsp3) is 0.235. The zero-order valence-electron chi connectivity index (χ0n) is 12.1. The van der Waals surface area contributed by atoms with E-state index in [1.165, 1.54) is 5.56 Å². The third-order valence-electron chi connectivity index (χ3n) is 3.12. The summed E-state index contributed by atoms with van der Waals surface area (Å²) in [7, 11) is 1.65. The Labute approximate surface area is 125 Å². The van der Waals surface area contributed by atoms with Crippen LogP contribution in [0.5, 0.6) is 5.75 Å². The quantitative estimate of drug-likeness (QED) is 0.821. The van der Waals surface area contributed by atoms with Crippen LogP contribution in [-0.4, -0.2) is 26.1 Å². The third kappa shape index (κ3) is 5.18. The van der Waals surface area contributed by atoms with Crippen molar-refractivity contribution in [3.8, 4) is 5.75 Å². The Morgan fingerprint density at radius 2 is 1.76 bits per heavy atom. The zero-order chi connectivity index (χ0) is 14.9. The number of benzene rings is 2. The van der Waals surface area contributed by atoms with Gasteiger partial charge in [-0.2, -0.15) is 0 Å². The second-order valence-corrected chi connectivity index (χ2v) is 4.67. The molecular formula is C17H20N2O2. The molecule has 0 saturated carbocycles. The Morgan fingerprint density at radius 3 is 2.43 bits per heavy atom. The second-order valence-electron chi connectivity index (χ2n) is 4.67. The van der Waals surface area contributed by atoms with E-state index in [1.807, 2.05) is 54.6 Å². The van der Waals surface area contributed by atoms with Crippen molar-refractivity contribution in [1.29, 1.82) is 0 Å². The highest BCUT2D eigenvalue weighted by Gasteiger charge is 2.01. The number of methoxy groups -OCH3 is 1. The van der Waals surface area contributed by atoms with E-state index >= 15 is 0 Å². The van der Waals surface area contributed by atoms with Gasteiger partial charge in [0.2, 0.25) is 5.91 Å². The SMILES string of the molecule is COc1ccc(CCNC(=O)CNc2ccccc2)cc1. The lowest BCUT2D eigenvalue weighted by atomic mass is 10.1. The molecule has 0 radical (unpaired) electrons. The van der Waals surface area contributed by atoms with Gasteiger partial charge in [-0.1, -0.05) is 30.3 Å². The van der Waals surface area contributed by atoms with E-state index in [-0.39, 0.29) is 12.5 Å². The van der Waals surface area contributed by atoms with Crippen molar-refractivity contribution in [3.63, 3.8) is 0 Å². The topological polar surface area (TPSA) is 50.4 Å². The summed E-state index contributed by atoms with van der Waals surface area (Å²) in [5, 5.41) is 5.98. The van der Waals surface area contributed by atoms with Gasteiger partial charge in [0.1, 0.15) is 5.75 Å². The van der Waals surface area contributed by atoms with E-state index < -0.39 is 0 Å². The van der Waals surface area contributed by atoms with Gasteiger partial charge in [-0.3, -0.25) is 4.79 Å². The molecule has 0 fully saturated rings. The molecule has 2 rings (SSSR count). The summed E-state index contributed by atoms with van der Waals surface area (Å²) >= 11 is 0. The van der Waals surface area contributed by atoms with E-state index in [4.69, 9.17) is 4.74 Å². The average Bonchev–Trinajstić information content (AvgIpc) is 2.54. The molecule has 0 saturated heterocycles. The van der Waals surface area contributed by atoms with Crippen LogP contribution >= 0.6 is 0 Å². The van der Waals surface area contributed by atoms with Crippen LogP contribution in [0.25, 0.3) is 0 Å². The number of rotatable bonds is 7. The summed E-state index contributed by atoms with van der Waals surface area (Å²) in [6.45, 7) is 0.911. The maximum Gasteiger partial charge on any atom is 0.239 e. The van der Waals surface area contributed by atoms with Crippen molar-refractivity contribution in [2.24, 2.45) is 0 Å². The molecule has 110 valence electrons. The summed E-state index contributed by atoms with van der Waals surface area (Å²) in [6.07, 6.45) is 0.807. The zero-order valence-corrected chi connectivity index (χ0v) is 12.1. The van der Waals surface area contributed by atoms with Gasteiger partial charge >= 0.3 is 0 Å². The van der Waals surface area contributed by atoms with Crippen LogP contribution < -0.4 is 15.4 Å². The number of carbonyl (C=O) groups is 1. The first-order valence-corrected chi connectivity index (χ1v) is 6.96. The lowest BCUT2D eigenvalue weighted by Gasteiger charge is -2.08. The molecule has 0 spiro atoms. The van der Waals surface area contributed by atoms with Crippen LogP contribution in [0, 0.1) is 0 Å². The van der Waals surface area contributed by atoms with Crippen LogP contribution in [0.3, 0.4) is 0 Å². The average molecular weight is 284 g/mol. The van der Waals surface area contributed by atoms with E-state index in [1.54, 1.807) is 7.11 Å². The smallest absolute Gasteiger partial charge is 0.239 e. The van der Waals surface area contributed by atoms with E-state index in [0.29, 0.717) is 6.54 Å². The van der Waals surface area contributed by atoms with Gasteiger partial charge in [0.25, 0.3) is 0 Å². The van der Waals surface area contributed by atoms with Crippen LogP contribution in [0.15, 0.2) is 54.6 Å². The monoisotopic (exact) mass is 284 g/mol. The summed E-state index contributed by atoms with van der Waals surface area (Å²) in [5.74, 6) is 0.835. The highest BCUT2D eigenvalue weighted by atomic mass is 16.5. The number of hydrogen-bond acceptors (Lipinski definition) is 3. The first kappa shape index (κ1) is 14.9. The fourth-order valence-electron chi connectivity index (χ4n) is 1.94. The number of para-hydroxylation sites is 1. The molecule has 1 amide bonds. The summed E-state index contributed by atoms with van der Waals surface area (Å²) in [5.41, 5.74) is 2.12. The van der Waals surface area contributed by atoms with Gasteiger partial charge in [0.05, 0.1) is 13.7 Å². The van der Waals surface area contributed by atoms with Crippen molar-refractivity contribution in [2.75, 3.05) is 25.5 Å². The van der Waals surface area contributed by atoms with E-state index in [2.05, 4.69) is 10.6 Å². The number of amides is 1. The molecule has 2 N–H and O–H groups in total. The molecule has 0 atom stereocenters. The predicted octanol–water partition coefficient (Wildman–Crippen LogP) is 2.47. The van der Waals surface area contributed by atoms with Gasteiger partial charge in [-0.15, -0.1) is 0 Å². The van der Waals surface area contributed by atoms with Crippen molar-refractivity contribution < 1.29 is 9.53 Å². The van der Waals surface area contributed by atoms with Gasteiger partial charge in [0, 0.05) is 12.2 Å². The number of nitrogens with one attached hydrogen (secondary N) is 2. The molecule has 0 heterocycles. The van der Waals surface area contributed by atoms with E-state index in [0.717, 1.165) is 17.9 Å². The summed E-state index contributed by atoms with van der Waals surface area (Å²) in [6, 6.07) is 17.5. The van der Waals surface area contributed by atoms with Gasteiger partial charge in [-0.25, -0.2) is 0 Å².